The van der Waals surface area contributed by atoms with Gasteiger partial charge in [0.2, 0.25) is 5.91 Å². The molecule has 2 atom stereocenters. The predicted molar refractivity (Wildman–Crippen MR) is 119 cm³/mol. The maximum Gasteiger partial charge on any atom is 0.261 e. The number of halogens is 1. The van der Waals surface area contributed by atoms with Crippen LogP contribution >= 0.6 is 15.9 Å². The molecule has 0 radical (unpaired) electrons. The highest BCUT2D eigenvalue weighted by Crippen LogP contribution is 2.17. The zero-order valence-electron chi connectivity index (χ0n) is 17.4. The Bertz CT molecular complexity index is 806. The first-order chi connectivity index (χ1) is 13.8. The summed E-state index contributed by atoms with van der Waals surface area (Å²) in [5, 5.41) is 2.96. The van der Waals surface area contributed by atoms with Gasteiger partial charge in [-0.15, -0.1) is 0 Å². The molecule has 0 aliphatic rings. The number of carbonyl (C=O) groups is 2. The molecule has 0 spiro atoms. The van der Waals surface area contributed by atoms with Gasteiger partial charge in [-0.05, 0) is 57.0 Å². The van der Waals surface area contributed by atoms with E-state index in [1.54, 1.807) is 24.0 Å². The number of benzene rings is 2. The number of ether oxygens (including phenoxy) is 1. The maximum absolute atomic E-state index is 13.0. The van der Waals surface area contributed by atoms with E-state index in [2.05, 4.69) is 21.2 Å². The number of aryl methyl sites for hydroxylation is 1. The van der Waals surface area contributed by atoms with E-state index in [9.17, 15) is 9.59 Å². The molecule has 0 saturated carbocycles. The molecule has 2 aromatic carbocycles. The fraction of sp³-hybridized carbons (Fsp3) is 0.391. The molecule has 2 rings (SSSR count). The van der Waals surface area contributed by atoms with Crippen molar-refractivity contribution in [1.29, 1.82) is 0 Å². The highest BCUT2D eigenvalue weighted by atomic mass is 79.9. The van der Waals surface area contributed by atoms with Crippen LogP contribution in [0.5, 0.6) is 5.75 Å². The third kappa shape index (κ3) is 7.20. The molecule has 2 amide bonds. The summed E-state index contributed by atoms with van der Waals surface area (Å²) in [5.74, 6) is 0.206. The van der Waals surface area contributed by atoms with Crippen LogP contribution in [-0.4, -0.2) is 35.4 Å². The van der Waals surface area contributed by atoms with E-state index < -0.39 is 6.04 Å². The molecular weight excluding hydrogens is 432 g/mol. The smallest absolute Gasteiger partial charge is 0.261 e. The summed E-state index contributed by atoms with van der Waals surface area (Å²) in [6, 6.07) is 14.7. The summed E-state index contributed by atoms with van der Waals surface area (Å²) in [7, 11) is 0. The van der Waals surface area contributed by atoms with Crippen molar-refractivity contribution >= 4 is 27.7 Å². The van der Waals surface area contributed by atoms with Crippen LogP contribution < -0.4 is 10.1 Å². The van der Waals surface area contributed by atoms with Crippen LogP contribution in [0.15, 0.2) is 53.0 Å². The molecule has 0 aliphatic carbocycles. The van der Waals surface area contributed by atoms with E-state index in [-0.39, 0.29) is 24.5 Å². The predicted octanol–water partition coefficient (Wildman–Crippen LogP) is 4.47. The van der Waals surface area contributed by atoms with Gasteiger partial charge in [-0.1, -0.05) is 52.7 Å². The molecule has 156 valence electrons. The third-order valence-corrected chi connectivity index (χ3v) is 5.35. The lowest BCUT2D eigenvalue weighted by molar-refractivity contribution is -0.142. The normalized spacial score (nSPS) is 12.7. The zero-order valence-corrected chi connectivity index (χ0v) is 19.0. The van der Waals surface area contributed by atoms with Gasteiger partial charge < -0.3 is 15.0 Å². The van der Waals surface area contributed by atoms with E-state index in [0.717, 1.165) is 22.0 Å². The second-order valence-corrected chi connectivity index (χ2v) is 8.16. The average molecular weight is 461 g/mol. The monoisotopic (exact) mass is 460 g/mol. The summed E-state index contributed by atoms with van der Waals surface area (Å²) >= 11 is 3.38. The summed E-state index contributed by atoms with van der Waals surface area (Å²) in [5.41, 5.74) is 2.11. The van der Waals surface area contributed by atoms with Gasteiger partial charge in [0, 0.05) is 17.1 Å². The second kappa shape index (κ2) is 11.0. The Morgan fingerprint density at radius 3 is 2.28 bits per heavy atom. The first kappa shape index (κ1) is 22.9. The molecule has 1 N–H and O–H groups in total. The lowest BCUT2D eigenvalue weighted by Gasteiger charge is -2.29. The molecule has 0 fully saturated rings. The lowest BCUT2D eigenvalue weighted by Crippen LogP contribution is -2.50. The van der Waals surface area contributed by atoms with E-state index in [1.807, 2.05) is 57.2 Å². The zero-order chi connectivity index (χ0) is 21.4. The molecule has 5 nitrogen and oxygen atoms in total. The molecule has 0 heterocycles. The van der Waals surface area contributed by atoms with Crippen LogP contribution in [-0.2, 0) is 16.1 Å². The van der Waals surface area contributed by atoms with Gasteiger partial charge >= 0.3 is 0 Å². The number of hydrogen-bond acceptors (Lipinski definition) is 3. The molecule has 29 heavy (non-hydrogen) atoms. The van der Waals surface area contributed by atoms with Crippen molar-refractivity contribution < 1.29 is 14.3 Å². The van der Waals surface area contributed by atoms with E-state index in [4.69, 9.17) is 4.74 Å². The molecule has 0 bridgehead atoms. The molecule has 0 saturated heterocycles. The minimum atomic E-state index is -0.605. The van der Waals surface area contributed by atoms with Crippen LogP contribution in [0.2, 0.25) is 0 Å². The molecule has 2 aromatic rings. The Balaban J connectivity index is 2.13. The summed E-state index contributed by atoms with van der Waals surface area (Å²) in [6.45, 7) is 7.95. The van der Waals surface area contributed by atoms with Gasteiger partial charge in [0.25, 0.3) is 5.91 Å². The third-order valence-electron chi connectivity index (χ3n) is 4.82. The minimum absolute atomic E-state index is 0.0558. The number of rotatable bonds is 9. The Hall–Kier alpha value is -2.34. The van der Waals surface area contributed by atoms with Gasteiger partial charge in [-0.2, -0.15) is 0 Å². The highest BCUT2D eigenvalue weighted by molar-refractivity contribution is 9.10. The van der Waals surface area contributed by atoms with Crippen molar-refractivity contribution in [3.8, 4) is 5.75 Å². The number of hydrogen-bond donors (Lipinski definition) is 1. The molecule has 2 unspecified atom stereocenters. The van der Waals surface area contributed by atoms with Crippen molar-refractivity contribution in [3.05, 3.63) is 64.1 Å². The van der Waals surface area contributed by atoms with Gasteiger partial charge in [-0.25, -0.2) is 0 Å². The van der Waals surface area contributed by atoms with Gasteiger partial charge in [0.05, 0.1) is 0 Å². The van der Waals surface area contributed by atoms with E-state index in [0.29, 0.717) is 12.3 Å². The van der Waals surface area contributed by atoms with Gasteiger partial charge in [-0.3, -0.25) is 9.59 Å². The maximum atomic E-state index is 13.0. The number of carbonyl (C=O) groups excluding carboxylic acids is 2. The quantitative estimate of drug-likeness (QED) is 0.600. The first-order valence-corrected chi connectivity index (χ1v) is 10.6. The highest BCUT2D eigenvalue weighted by Gasteiger charge is 2.27. The standard InChI is InChI=1S/C23H29BrN2O3/c1-5-17(3)25-23(28)18(4)26(14-19-8-6-16(2)7-9-19)22(27)15-29-21-12-10-20(24)11-13-21/h6-13,17-18H,5,14-15H2,1-4H3,(H,25,28). The fourth-order valence-electron chi connectivity index (χ4n) is 2.70. The number of nitrogens with zero attached hydrogens (tertiary/aromatic N) is 1. The topological polar surface area (TPSA) is 58.6 Å². The Labute approximate surface area is 181 Å². The number of nitrogens with one attached hydrogen (secondary N) is 1. The van der Waals surface area contributed by atoms with Crippen LogP contribution in [0.25, 0.3) is 0 Å². The van der Waals surface area contributed by atoms with Crippen molar-refractivity contribution in [2.45, 2.75) is 52.7 Å². The van der Waals surface area contributed by atoms with Crippen molar-refractivity contribution in [2.75, 3.05) is 6.61 Å². The lowest BCUT2D eigenvalue weighted by atomic mass is 10.1. The summed E-state index contributed by atoms with van der Waals surface area (Å²) < 4.78 is 6.59. The largest absolute Gasteiger partial charge is 0.484 e. The van der Waals surface area contributed by atoms with E-state index >= 15 is 0 Å². The Morgan fingerprint density at radius 2 is 1.69 bits per heavy atom. The van der Waals surface area contributed by atoms with Crippen LogP contribution in [0, 0.1) is 6.92 Å². The second-order valence-electron chi connectivity index (χ2n) is 7.24. The fourth-order valence-corrected chi connectivity index (χ4v) is 2.96. The van der Waals surface area contributed by atoms with E-state index in [1.165, 1.54) is 0 Å². The molecular formula is C23H29BrN2O3. The molecule has 0 aliphatic heterocycles. The summed E-state index contributed by atoms with van der Waals surface area (Å²) in [4.78, 5) is 27.2. The summed E-state index contributed by atoms with van der Waals surface area (Å²) in [6.07, 6.45) is 0.830. The van der Waals surface area contributed by atoms with Crippen LogP contribution in [0.3, 0.4) is 0 Å². The van der Waals surface area contributed by atoms with Crippen LogP contribution in [0.1, 0.15) is 38.3 Å². The minimum Gasteiger partial charge on any atom is -0.484 e. The SMILES string of the molecule is CCC(C)NC(=O)C(C)N(Cc1ccc(C)cc1)C(=O)COc1ccc(Br)cc1. The van der Waals surface area contributed by atoms with Crippen LogP contribution in [0.4, 0.5) is 0 Å². The molecule has 0 aromatic heterocycles. The molecule has 6 heteroatoms. The first-order valence-electron chi connectivity index (χ1n) is 9.84. The van der Waals surface area contributed by atoms with Crippen molar-refractivity contribution in [3.63, 3.8) is 0 Å². The Morgan fingerprint density at radius 1 is 1.07 bits per heavy atom. The van der Waals surface area contributed by atoms with Gasteiger partial charge in [0.15, 0.2) is 6.61 Å². The van der Waals surface area contributed by atoms with Crippen molar-refractivity contribution in [1.82, 2.24) is 10.2 Å². The number of amides is 2. The van der Waals surface area contributed by atoms with Gasteiger partial charge in [0.1, 0.15) is 11.8 Å². The van der Waals surface area contributed by atoms with Crippen molar-refractivity contribution in [2.24, 2.45) is 0 Å². The average Bonchev–Trinajstić information content (AvgIpc) is 2.72. The Kier molecular flexibility index (Phi) is 8.70.